The van der Waals surface area contributed by atoms with Crippen LogP contribution in [0.25, 0.3) is 11.5 Å². The summed E-state index contributed by atoms with van der Waals surface area (Å²) in [4.78, 5) is 14.5. The molecule has 2 aromatic rings. The number of aryl methyl sites for hydroxylation is 1. The molecule has 4 nitrogen and oxygen atoms in total. The monoisotopic (exact) mass is 217 g/mol. The van der Waals surface area contributed by atoms with Gasteiger partial charge in [0.25, 0.3) is 0 Å². The van der Waals surface area contributed by atoms with Crippen molar-refractivity contribution >= 4 is 5.97 Å². The summed E-state index contributed by atoms with van der Waals surface area (Å²) >= 11 is 0. The summed E-state index contributed by atoms with van der Waals surface area (Å²) in [5.41, 5.74) is 1.92. The minimum Gasteiger partial charge on any atom is -0.476 e. The van der Waals surface area contributed by atoms with Gasteiger partial charge in [-0.15, -0.1) is 0 Å². The van der Waals surface area contributed by atoms with Gasteiger partial charge in [-0.1, -0.05) is 19.1 Å². The second-order valence-corrected chi connectivity index (χ2v) is 3.39. The molecule has 0 saturated heterocycles. The molecule has 0 spiro atoms. The number of carboxylic acids is 1. The first-order valence-electron chi connectivity index (χ1n) is 4.99. The van der Waals surface area contributed by atoms with E-state index in [1.165, 1.54) is 5.56 Å². The molecule has 0 atom stereocenters. The van der Waals surface area contributed by atoms with Crippen LogP contribution >= 0.6 is 0 Å². The van der Waals surface area contributed by atoms with Crippen molar-refractivity contribution in [3.8, 4) is 11.5 Å². The number of aromatic carboxylic acids is 1. The van der Waals surface area contributed by atoms with Crippen LogP contribution in [-0.4, -0.2) is 16.1 Å². The highest BCUT2D eigenvalue weighted by Crippen LogP contribution is 2.19. The highest BCUT2D eigenvalue weighted by atomic mass is 16.4. The lowest BCUT2D eigenvalue weighted by atomic mass is 10.1. The second-order valence-electron chi connectivity index (χ2n) is 3.39. The van der Waals surface area contributed by atoms with Crippen molar-refractivity contribution in [3.63, 3.8) is 0 Å². The Morgan fingerprint density at radius 2 is 2.06 bits per heavy atom. The van der Waals surface area contributed by atoms with Gasteiger partial charge in [-0.05, 0) is 24.1 Å². The van der Waals surface area contributed by atoms with Crippen molar-refractivity contribution in [3.05, 3.63) is 41.8 Å². The van der Waals surface area contributed by atoms with Crippen LogP contribution in [0, 0.1) is 0 Å². The second kappa shape index (κ2) is 4.18. The van der Waals surface area contributed by atoms with E-state index in [-0.39, 0.29) is 5.69 Å². The Labute approximate surface area is 92.6 Å². The molecule has 0 aliphatic rings. The molecule has 0 aliphatic heterocycles. The molecule has 4 heteroatoms. The zero-order valence-corrected chi connectivity index (χ0v) is 8.80. The summed E-state index contributed by atoms with van der Waals surface area (Å²) in [6.07, 6.45) is 2.11. The van der Waals surface area contributed by atoms with Crippen molar-refractivity contribution in [2.24, 2.45) is 0 Å². The number of nitrogens with zero attached hydrogens (tertiary/aromatic N) is 1. The highest BCUT2D eigenvalue weighted by Gasteiger charge is 2.11. The maximum Gasteiger partial charge on any atom is 0.357 e. The van der Waals surface area contributed by atoms with Crippen molar-refractivity contribution in [2.45, 2.75) is 13.3 Å². The number of aromatic nitrogens is 1. The average molecular weight is 217 g/mol. The van der Waals surface area contributed by atoms with Gasteiger partial charge in [0, 0.05) is 5.56 Å². The number of benzene rings is 1. The molecule has 2 rings (SSSR count). The molecule has 82 valence electrons. The van der Waals surface area contributed by atoms with Gasteiger partial charge in [-0.3, -0.25) is 0 Å². The number of hydrogen-bond donors (Lipinski definition) is 1. The molecule has 0 bridgehead atoms. The molecular weight excluding hydrogens is 206 g/mol. The summed E-state index contributed by atoms with van der Waals surface area (Å²) in [5.74, 6) is -0.750. The predicted molar refractivity (Wildman–Crippen MR) is 58.3 cm³/mol. The molecule has 0 fully saturated rings. The lowest BCUT2D eigenvalue weighted by Crippen LogP contribution is -1.95. The summed E-state index contributed by atoms with van der Waals surface area (Å²) in [6.45, 7) is 2.07. The van der Waals surface area contributed by atoms with E-state index in [4.69, 9.17) is 9.52 Å². The van der Waals surface area contributed by atoms with Gasteiger partial charge in [0.15, 0.2) is 5.69 Å². The van der Waals surface area contributed by atoms with E-state index in [9.17, 15) is 4.79 Å². The van der Waals surface area contributed by atoms with E-state index in [0.29, 0.717) is 5.89 Å². The van der Waals surface area contributed by atoms with E-state index in [0.717, 1.165) is 18.2 Å². The topological polar surface area (TPSA) is 63.3 Å². The molecule has 0 aliphatic carbocycles. The molecule has 0 amide bonds. The number of rotatable bonds is 3. The van der Waals surface area contributed by atoms with Crippen LogP contribution in [0.1, 0.15) is 23.0 Å². The van der Waals surface area contributed by atoms with Gasteiger partial charge >= 0.3 is 5.97 Å². The highest BCUT2D eigenvalue weighted by molar-refractivity contribution is 5.85. The Morgan fingerprint density at radius 1 is 1.38 bits per heavy atom. The molecule has 0 unspecified atom stereocenters. The third-order valence-electron chi connectivity index (χ3n) is 2.33. The smallest absolute Gasteiger partial charge is 0.357 e. The Bertz CT molecular complexity index is 499. The van der Waals surface area contributed by atoms with Crippen LogP contribution in [0.4, 0.5) is 0 Å². The van der Waals surface area contributed by atoms with E-state index in [2.05, 4.69) is 11.9 Å². The number of hydrogen-bond acceptors (Lipinski definition) is 3. The minimum atomic E-state index is -1.08. The predicted octanol–water partition coefficient (Wildman–Crippen LogP) is 2.60. The van der Waals surface area contributed by atoms with Gasteiger partial charge in [0.2, 0.25) is 5.89 Å². The molecule has 1 N–H and O–H groups in total. The van der Waals surface area contributed by atoms with Crippen LogP contribution in [0.5, 0.6) is 0 Å². The molecule has 1 aromatic carbocycles. The zero-order valence-electron chi connectivity index (χ0n) is 8.80. The standard InChI is InChI=1S/C12H11NO3/c1-2-8-3-5-9(6-4-8)11-13-10(7-16-11)12(14)15/h3-7H,2H2,1H3,(H,14,15). The van der Waals surface area contributed by atoms with Crippen LogP contribution < -0.4 is 0 Å². The Kier molecular flexibility index (Phi) is 2.72. The first kappa shape index (κ1) is 10.4. The minimum absolute atomic E-state index is 0.0745. The number of oxazole rings is 1. The van der Waals surface area contributed by atoms with Crippen molar-refractivity contribution in [1.29, 1.82) is 0 Å². The van der Waals surface area contributed by atoms with Gasteiger partial charge in [0.05, 0.1) is 0 Å². The first-order chi connectivity index (χ1) is 7.70. The normalized spacial score (nSPS) is 10.3. The largest absolute Gasteiger partial charge is 0.476 e. The van der Waals surface area contributed by atoms with Gasteiger partial charge < -0.3 is 9.52 Å². The summed E-state index contributed by atoms with van der Waals surface area (Å²) < 4.78 is 5.09. The lowest BCUT2D eigenvalue weighted by molar-refractivity contribution is 0.0690. The first-order valence-corrected chi connectivity index (χ1v) is 4.99. The van der Waals surface area contributed by atoms with Crippen LogP contribution in [0.3, 0.4) is 0 Å². The molecule has 1 heterocycles. The van der Waals surface area contributed by atoms with Gasteiger partial charge in [-0.25, -0.2) is 9.78 Å². The van der Waals surface area contributed by atoms with E-state index in [1.54, 1.807) is 0 Å². The van der Waals surface area contributed by atoms with Crippen LogP contribution in [0.2, 0.25) is 0 Å². The Hall–Kier alpha value is -2.10. The maximum atomic E-state index is 10.6. The zero-order chi connectivity index (χ0) is 11.5. The molecule has 0 saturated carbocycles. The average Bonchev–Trinajstić information content (AvgIpc) is 2.78. The van der Waals surface area contributed by atoms with Crippen molar-refractivity contribution in [1.82, 2.24) is 4.98 Å². The van der Waals surface area contributed by atoms with Crippen LogP contribution in [-0.2, 0) is 6.42 Å². The number of carbonyl (C=O) groups is 1. The SMILES string of the molecule is CCc1ccc(-c2nc(C(=O)O)co2)cc1. The fourth-order valence-electron chi connectivity index (χ4n) is 1.39. The number of carboxylic acid groups (broad SMARTS) is 1. The Morgan fingerprint density at radius 3 is 2.56 bits per heavy atom. The van der Waals surface area contributed by atoms with Gasteiger partial charge in [0.1, 0.15) is 6.26 Å². The molecule has 16 heavy (non-hydrogen) atoms. The molecule has 1 aromatic heterocycles. The third-order valence-corrected chi connectivity index (χ3v) is 2.33. The van der Waals surface area contributed by atoms with Gasteiger partial charge in [-0.2, -0.15) is 0 Å². The summed E-state index contributed by atoms with van der Waals surface area (Å²) in [7, 11) is 0. The van der Waals surface area contributed by atoms with Crippen molar-refractivity contribution < 1.29 is 14.3 Å². The van der Waals surface area contributed by atoms with Crippen molar-refractivity contribution in [2.75, 3.05) is 0 Å². The third kappa shape index (κ3) is 1.95. The fraction of sp³-hybridized carbons (Fsp3) is 0.167. The van der Waals surface area contributed by atoms with E-state index < -0.39 is 5.97 Å². The lowest BCUT2D eigenvalue weighted by Gasteiger charge is -1.97. The molecular formula is C12H11NO3. The van der Waals surface area contributed by atoms with Crippen LogP contribution in [0.15, 0.2) is 34.9 Å². The summed E-state index contributed by atoms with van der Waals surface area (Å²) in [5, 5.41) is 8.70. The summed E-state index contributed by atoms with van der Waals surface area (Å²) in [6, 6.07) is 7.69. The quantitative estimate of drug-likeness (QED) is 0.858. The Balaban J connectivity index is 2.31. The maximum absolute atomic E-state index is 10.6. The van der Waals surface area contributed by atoms with E-state index in [1.807, 2.05) is 24.3 Å². The molecule has 0 radical (unpaired) electrons. The van der Waals surface area contributed by atoms with E-state index >= 15 is 0 Å². The fourth-order valence-corrected chi connectivity index (χ4v) is 1.39.